The SMILES string of the molecule is COc1ccc(NC(=O)CSc2nc(CC(=O)NCc3ccncc3)cs2)cc1. The Kier molecular flexibility index (Phi) is 7.60. The molecule has 3 rings (SSSR count). The van der Waals surface area contributed by atoms with Gasteiger partial charge in [0.15, 0.2) is 4.34 Å². The maximum absolute atomic E-state index is 12.1. The molecule has 150 valence electrons. The monoisotopic (exact) mass is 428 g/mol. The molecule has 0 spiro atoms. The van der Waals surface area contributed by atoms with Crippen LogP contribution in [0.3, 0.4) is 0 Å². The van der Waals surface area contributed by atoms with E-state index in [9.17, 15) is 9.59 Å². The summed E-state index contributed by atoms with van der Waals surface area (Å²) in [6, 6.07) is 10.9. The lowest BCUT2D eigenvalue weighted by molar-refractivity contribution is -0.120. The van der Waals surface area contributed by atoms with Crippen molar-refractivity contribution in [2.24, 2.45) is 0 Å². The van der Waals surface area contributed by atoms with Crippen LogP contribution in [0.5, 0.6) is 5.75 Å². The fourth-order valence-corrected chi connectivity index (χ4v) is 4.01. The topological polar surface area (TPSA) is 93.2 Å². The first-order valence-electron chi connectivity index (χ1n) is 8.79. The van der Waals surface area contributed by atoms with Gasteiger partial charge in [0.25, 0.3) is 0 Å². The third kappa shape index (κ3) is 6.88. The summed E-state index contributed by atoms with van der Waals surface area (Å²) in [6.07, 6.45) is 3.59. The van der Waals surface area contributed by atoms with E-state index in [1.54, 1.807) is 43.8 Å². The zero-order valence-electron chi connectivity index (χ0n) is 15.8. The number of nitrogens with one attached hydrogen (secondary N) is 2. The highest BCUT2D eigenvalue weighted by atomic mass is 32.2. The molecule has 1 aromatic carbocycles. The van der Waals surface area contributed by atoms with Crippen LogP contribution in [0, 0.1) is 0 Å². The fourth-order valence-electron chi connectivity index (χ4n) is 2.36. The first kappa shape index (κ1) is 20.8. The Labute approximate surface area is 176 Å². The first-order chi connectivity index (χ1) is 14.1. The Morgan fingerprint density at radius 1 is 1.10 bits per heavy atom. The number of hydrogen-bond acceptors (Lipinski definition) is 7. The molecule has 0 aliphatic heterocycles. The van der Waals surface area contributed by atoms with Crippen molar-refractivity contribution in [2.75, 3.05) is 18.2 Å². The van der Waals surface area contributed by atoms with Crippen LogP contribution in [-0.2, 0) is 22.6 Å². The smallest absolute Gasteiger partial charge is 0.234 e. The van der Waals surface area contributed by atoms with Gasteiger partial charge in [-0.3, -0.25) is 14.6 Å². The molecule has 2 heterocycles. The van der Waals surface area contributed by atoms with E-state index < -0.39 is 0 Å². The lowest BCUT2D eigenvalue weighted by Crippen LogP contribution is -2.24. The van der Waals surface area contributed by atoms with Crippen LogP contribution in [0.15, 0.2) is 58.5 Å². The third-order valence-corrected chi connectivity index (χ3v) is 5.88. The molecule has 0 bridgehead atoms. The van der Waals surface area contributed by atoms with Crippen LogP contribution in [0.2, 0.25) is 0 Å². The molecule has 0 saturated heterocycles. The van der Waals surface area contributed by atoms with Crippen molar-refractivity contribution in [3.8, 4) is 5.75 Å². The molecule has 0 atom stereocenters. The summed E-state index contributed by atoms with van der Waals surface area (Å²) in [7, 11) is 1.59. The minimum Gasteiger partial charge on any atom is -0.497 e. The number of benzene rings is 1. The van der Waals surface area contributed by atoms with E-state index in [1.165, 1.54) is 23.1 Å². The summed E-state index contributed by atoms with van der Waals surface area (Å²) in [6.45, 7) is 0.457. The third-order valence-electron chi connectivity index (χ3n) is 3.81. The van der Waals surface area contributed by atoms with Crippen molar-refractivity contribution in [3.63, 3.8) is 0 Å². The van der Waals surface area contributed by atoms with Crippen LogP contribution in [0.25, 0.3) is 0 Å². The number of ether oxygens (including phenoxy) is 1. The van der Waals surface area contributed by atoms with Crippen LogP contribution >= 0.6 is 23.1 Å². The number of thiazole rings is 1. The van der Waals surface area contributed by atoms with E-state index in [-0.39, 0.29) is 24.0 Å². The van der Waals surface area contributed by atoms with E-state index in [0.717, 1.165) is 15.7 Å². The van der Waals surface area contributed by atoms with E-state index >= 15 is 0 Å². The quantitative estimate of drug-likeness (QED) is 0.509. The number of aromatic nitrogens is 2. The van der Waals surface area contributed by atoms with Gasteiger partial charge < -0.3 is 15.4 Å². The molecule has 29 heavy (non-hydrogen) atoms. The number of nitrogens with zero attached hydrogens (tertiary/aromatic N) is 2. The lowest BCUT2D eigenvalue weighted by Gasteiger charge is -2.05. The number of rotatable bonds is 9. The number of pyridine rings is 1. The molecule has 0 aliphatic rings. The van der Waals surface area contributed by atoms with Crippen LogP contribution in [0.4, 0.5) is 5.69 Å². The van der Waals surface area contributed by atoms with Gasteiger partial charge in [-0.15, -0.1) is 11.3 Å². The number of carbonyl (C=O) groups is 2. The molecular formula is C20H20N4O3S2. The molecule has 0 saturated carbocycles. The van der Waals surface area contributed by atoms with E-state index in [4.69, 9.17) is 4.74 Å². The zero-order chi connectivity index (χ0) is 20.5. The van der Waals surface area contributed by atoms with Gasteiger partial charge in [0.2, 0.25) is 11.8 Å². The van der Waals surface area contributed by atoms with Crippen LogP contribution in [-0.4, -0.2) is 34.6 Å². The van der Waals surface area contributed by atoms with Crippen molar-refractivity contribution >= 4 is 40.6 Å². The van der Waals surface area contributed by atoms with Gasteiger partial charge in [0.1, 0.15) is 5.75 Å². The fraction of sp³-hybridized carbons (Fsp3) is 0.200. The highest BCUT2D eigenvalue weighted by Crippen LogP contribution is 2.23. The molecule has 0 unspecified atom stereocenters. The van der Waals surface area contributed by atoms with Crippen molar-refractivity contribution < 1.29 is 14.3 Å². The molecule has 2 aromatic heterocycles. The van der Waals surface area contributed by atoms with E-state index in [1.807, 2.05) is 17.5 Å². The van der Waals surface area contributed by atoms with E-state index in [0.29, 0.717) is 17.9 Å². The standard InChI is InChI=1S/C20H20N4O3S2/c1-27-17-4-2-15(3-5-17)23-19(26)13-29-20-24-16(12-28-20)10-18(25)22-11-14-6-8-21-9-7-14/h2-9,12H,10-11,13H2,1H3,(H,22,25)(H,23,26). The predicted octanol–water partition coefficient (Wildman–Crippen LogP) is 3.14. The van der Waals surface area contributed by atoms with Crippen molar-refractivity contribution in [1.82, 2.24) is 15.3 Å². The van der Waals surface area contributed by atoms with Gasteiger partial charge in [-0.25, -0.2) is 4.98 Å². The Balaban J connectivity index is 1.41. The average molecular weight is 429 g/mol. The summed E-state index contributed by atoms with van der Waals surface area (Å²) in [5.74, 6) is 0.762. The molecule has 0 radical (unpaired) electrons. The highest BCUT2D eigenvalue weighted by Gasteiger charge is 2.10. The second-order valence-electron chi connectivity index (χ2n) is 5.98. The van der Waals surface area contributed by atoms with E-state index in [2.05, 4.69) is 20.6 Å². The Bertz CT molecular complexity index is 946. The molecule has 9 heteroatoms. The molecule has 2 N–H and O–H groups in total. The van der Waals surface area contributed by atoms with Gasteiger partial charge in [0, 0.05) is 30.0 Å². The zero-order valence-corrected chi connectivity index (χ0v) is 17.4. The highest BCUT2D eigenvalue weighted by molar-refractivity contribution is 8.01. The van der Waals surface area contributed by atoms with Gasteiger partial charge in [-0.2, -0.15) is 0 Å². The van der Waals surface area contributed by atoms with Gasteiger partial charge in [-0.05, 0) is 42.0 Å². The van der Waals surface area contributed by atoms with Crippen molar-refractivity contribution in [3.05, 3.63) is 65.4 Å². The lowest BCUT2D eigenvalue weighted by atomic mass is 10.2. The minimum atomic E-state index is -0.119. The second-order valence-corrected chi connectivity index (χ2v) is 8.06. The maximum atomic E-state index is 12.1. The first-order valence-corrected chi connectivity index (χ1v) is 10.7. The number of methoxy groups -OCH3 is 1. The summed E-state index contributed by atoms with van der Waals surface area (Å²) < 4.78 is 5.85. The number of hydrogen-bond donors (Lipinski definition) is 2. The average Bonchev–Trinajstić information content (AvgIpc) is 3.19. The van der Waals surface area contributed by atoms with Crippen molar-refractivity contribution in [1.29, 1.82) is 0 Å². The molecular weight excluding hydrogens is 408 g/mol. The van der Waals surface area contributed by atoms with Crippen LogP contribution < -0.4 is 15.4 Å². The second kappa shape index (κ2) is 10.6. The normalized spacial score (nSPS) is 10.4. The largest absolute Gasteiger partial charge is 0.497 e. The summed E-state index contributed by atoms with van der Waals surface area (Å²) in [5, 5.41) is 7.53. The van der Waals surface area contributed by atoms with Gasteiger partial charge in [-0.1, -0.05) is 11.8 Å². The molecule has 7 nitrogen and oxygen atoms in total. The number of carbonyl (C=O) groups excluding carboxylic acids is 2. The molecule has 0 fully saturated rings. The molecule has 0 aliphatic carbocycles. The number of amides is 2. The number of anilines is 1. The van der Waals surface area contributed by atoms with Gasteiger partial charge in [0.05, 0.1) is 25.0 Å². The van der Waals surface area contributed by atoms with Gasteiger partial charge >= 0.3 is 0 Å². The van der Waals surface area contributed by atoms with Crippen molar-refractivity contribution in [2.45, 2.75) is 17.3 Å². The summed E-state index contributed by atoms with van der Waals surface area (Å²) in [4.78, 5) is 32.5. The summed E-state index contributed by atoms with van der Waals surface area (Å²) in [5.41, 5.74) is 2.40. The maximum Gasteiger partial charge on any atom is 0.234 e. The Hall–Kier alpha value is -2.91. The Morgan fingerprint density at radius 3 is 2.59 bits per heavy atom. The predicted molar refractivity (Wildman–Crippen MR) is 114 cm³/mol. The van der Waals surface area contributed by atoms with Crippen LogP contribution in [0.1, 0.15) is 11.3 Å². The summed E-state index contributed by atoms with van der Waals surface area (Å²) >= 11 is 2.77. The molecule has 2 amide bonds. The number of thioether (sulfide) groups is 1. The Morgan fingerprint density at radius 2 is 1.86 bits per heavy atom. The molecule has 3 aromatic rings. The minimum absolute atomic E-state index is 0.0964.